The molecule has 0 aromatic heterocycles. The average Bonchev–Trinajstić information content (AvgIpc) is 3.16. The van der Waals surface area contributed by atoms with E-state index in [0.717, 1.165) is 24.3 Å². The second-order valence-corrected chi connectivity index (χ2v) is 15.4. The molecule has 0 saturated heterocycles. The van der Waals surface area contributed by atoms with Crippen LogP contribution in [-0.2, 0) is 31.9 Å². The molecule has 1 unspecified atom stereocenters. The van der Waals surface area contributed by atoms with Crippen LogP contribution >= 0.6 is 0 Å². The molecule has 3 aromatic rings. The van der Waals surface area contributed by atoms with Gasteiger partial charge in [-0.25, -0.2) is 9.59 Å². The highest BCUT2D eigenvalue weighted by atomic mass is 16.5. The van der Waals surface area contributed by atoms with E-state index in [1.165, 1.54) is 98.6 Å². The van der Waals surface area contributed by atoms with Gasteiger partial charge < -0.3 is 14.6 Å². The summed E-state index contributed by atoms with van der Waals surface area (Å²) in [6.07, 6.45) is 13.7. The maximum Gasteiger partial charge on any atom is 0.336 e. The normalized spacial score (nSPS) is 16.6. The van der Waals surface area contributed by atoms with Crippen molar-refractivity contribution in [1.82, 2.24) is 0 Å². The molecule has 5 heteroatoms. The van der Waals surface area contributed by atoms with E-state index in [2.05, 4.69) is 93.7 Å². The largest absolute Gasteiger partial charge is 0.462 e. The lowest BCUT2D eigenvalue weighted by atomic mass is 9.77. The fourth-order valence-electron chi connectivity index (χ4n) is 7.17. The van der Waals surface area contributed by atoms with Crippen LogP contribution in [0.5, 0.6) is 0 Å². The van der Waals surface area contributed by atoms with Gasteiger partial charge >= 0.3 is 11.9 Å². The third-order valence-corrected chi connectivity index (χ3v) is 11.0. The van der Waals surface area contributed by atoms with Crippen molar-refractivity contribution in [2.24, 2.45) is 11.8 Å². The summed E-state index contributed by atoms with van der Waals surface area (Å²) in [7, 11) is 0. The zero-order valence-electron chi connectivity index (χ0n) is 32.5. The number of hydrogen-bond donors (Lipinski definition) is 1. The van der Waals surface area contributed by atoms with Crippen LogP contribution < -0.4 is 0 Å². The highest BCUT2D eigenvalue weighted by molar-refractivity contribution is 5.89. The van der Waals surface area contributed by atoms with E-state index >= 15 is 0 Å². The first-order valence-corrected chi connectivity index (χ1v) is 19.7. The summed E-state index contributed by atoms with van der Waals surface area (Å²) in [5.41, 5.74) is 7.90. The number of aryl methyl sites for hydroxylation is 2. The molecule has 0 spiro atoms. The van der Waals surface area contributed by atoms with Crippen LogP contribution in [0.4, 0.5) is 0 Å². The Morgan fingerprint density at radius 1 is 0.808 bits per heavy atom. The molecule has 1 fully saturated rings. The Morgan fingerprint density at radius 3 is 2.02 bits per heavy atom. The van der Waals surface area contributed by atoms with Gasteiger partial charge in [0.25, 0.3) is 0 Å². The van der Waals surface area contributed by atoms with Crippen molar-refractivity contribution in [1.29, 1.82) is 0 Å². The molecule has 0 amide bonds. The van der Waals surface area contributed by atoms with Crippen LogP contribution in [0, 0.1) is 11.8 Å². The fraction of sp³-hybridized carbons (Fsp3) is 0.489. The van der Waals surface area contributed by atoms with E-state index in [1.54, 1.807) is 0 Å². The van der Waals surface area contributed by atoms with E-state index in [9.17, 15) is 14.7 Å². The van der Waals surface area contributed by atoms with Crippen molar-refractivity contribution < 1.29 is 24.2 Å². The minimum Gasteiger partial charge on any atom is -0.462 e. The first kappa shape index (κ1) is 40.8. The van der Waals surface area contributed by atoms with Gasteiger partial charge in [0.05, 0.1) is 24.4 Å². The molecule has 0 aliphatic heterocycles. The molecule has 3 aromatic carbocycles. The van der Waals surface area contributed by atoms with Crippen LogP contribution in [0.1, 0.15) is 121 Å². The number of carbonyl (C=O) groups excluding carboxylic acids is 2. The van der Waals surface area contributed by atoms with Gasteiger partial charge in [0.2, 0.25) is 0 Å². The minimum atomic E-state index is -1.38. The summed E-state index contributed by atoms with van der Waals surface area (Å²) in [5.74, 6) is 0.305. The molecule has 5 nitrogen and oxygen atoms in total. The Hall–Kier alpha value is -3.96. The molecule has 1 aliphatic rings. The number of unbranched alkanes of at least 4 members (excludes halogenated alkanes) is 2. The van der Waals surface area contributed by atoms with Gasteiger partial charge in [0.15, 0.2) is 0 Å². The molecule has 1 atom stereocenters. The molecule has 52 heavy (non-hydrogen) atoms. The zero-order valence-corrected chi connectivity index (χ0v) is 32.5. The summed E-state index contributed by atoms with van der Waals surface area (Å²) in [6.45, 7) is 16.9. The monoisotopic (exact) mass is 706 g/mol. The SMILES string of the molecule is C=C(CC)C(=O)OCC(CCc1ccc(-c2ccc(-c3ccc(C4CCC(CCCCC)CC4)cc3)cc2CC)cc1)COC(=O)C(=C)C(C)(C)O. The van der Waals surface area contributed by atoms with E-state index in [-0.39, 0.29) is 24.7 Å². The van der Waals surface area contributed by atoms with Crippen LogP contribution in [0.15, 0.2) is 91.0 Å². The zero-order chi connectivity index (χ0) is 37.7. The first-order valence-electron chi connectivity index (χ1n) is 19.7. The molecule has 0 heterocycles. The number of benzene rings is 3. The third kappa shape index (κ3) is 11.8. The van der Waals surface area contributed by atoms with E-state index < -0.39 is 17.5 Å². The molecule has 1 saturated carbocycles. The Bertz CT molecular complexity index is 1620. The maximum atomic E-state index is 12.5. The van der Waals surface area contributed by atoms with Crippen molar-refractivity contribution in [2.75, 3.05) is 13.2 Å². The Morgan fingerprint density at radius 2 is 1.42 bits per heavy atom. The van der Waals surface area contributed by atoms with Gasteiger partial charge in [-0.1, -0.05) is 126 Å². The molecule has 1 N–H and O–H groups in total. The summed E-state index contributed by atoms with van der Waals surface area (Å²) in [5, 5.41) is 10.1. The molecule has 280 valence electrons. The number of hydrogen-bond acceptors (Lipinski definition) is 5. The average molecular weight is 707 g/mol. The van der Waals surface area contributed by atoms with Crippen LogP contribution in [0.3, 0.4) is 0 Å². The minimum absolute atomic E-state index is 0.0174. The lowest BCUT2D eigenvalue weighted by Gasteiger charge is -2.29. The van der Waals surface area contributed by atoms with Crippen LogP contribution in [-0.4, -0.2) is 35.9 Å². The predicted molar refractivity (Wildman–Crippen MR) is 214 cm³/mol. The second kappa shape index (κ2) is 19.8. The summed E-state index contributed by atoms with van der Waals surface area (Å²) >= 11 is 0. The van der Waals surface area contributed by atoms with Gasteiger partial charge in [-0.2, -0.15) is 0 Å². The molecule has 4 rings (SSSR count). The Balaban J connectivity index is 1.37. The Kier molecular flexibility index (Phi) is 15.5. The molecule has 1 aliphatic carbocycles. The number of carbonyl (C=O) groups is 2. The third-order valence-electron chi connectivity index (χ3n) is 11.0. The van der Waals surface area contributed by atoms with Crippen molar-refractivity contribution in [3.05, 3.63) is 108 Å². The predicted octanol–water partition coefficient (Wildman–Crippen LogP) is 11.4. The van der Waals surface area contributed by atoms with E-state index in [0.29, 0.717) is 24.3 Å². The number of ether oxygens (including phenoxy) is 2. The lowest BCUT2D eigenvalue weighted by molar-refractivity contribution is -0.145. The highest BCUT2D eigenvalue weighted by Crippen LogP contribution is 2.39. The molecule has 0 bridgehead atoms. The number of esters is 2. The fourth-order valence-corrected chi connectivity index (χ4v) is 7.17. The van der Waals surface area contributed by atoms with Crippen LogP contribution in [0.2, 0.25) is 0 Å². The van der Waals surface area contributed by atoms with Crippen molar-refractivity contribution in [3.8, 4) is 22.3 Å². The smallest absolute Gasteiger partial charge is 0.336 e. The summed E-state index contributed by atoms with van der Waals surface area (Å²) in [6, 6.07) is 24.8. The lowest BCUT2D eigenvalue weighted by Crippen LogP contribution is -2.30. The van der Waals surface area contributed by atoms with E-state index in [4.69, 9.17) is 9.47 Å². The topological polar surface area (TPSA) is 72.8 Å². The van der Waals surface area contributed by atoms with E-state index in [1.807, 2.05) is 6.92 Å². The van der Waals surface area contributed by atoms with Crippen molar-refractivity contribution >= 4 is 11.9 Å². The van der Waals surface area contributed by atoms with Crippen LogP contribution in [0.25, 0.3) is 22.3 Å². The second-order valence-electron chi connectivity index (χ2n) is 15.4. The molecular formula is C47H62O5. The Labute approximate surface area is 313 Å². The van der Waals surface area contributed by atoms with Gasteiger partial charge in [0, 0.05) is 11.5 Å². The number of aliphatic hydroxyl groups is 1. The van der Waals surface area contributed by atoms with Crippen molar-refractivity contribution in [2.45, 2.75) is 123 Å². The first-order chi connectivity index (χ1) is 24.9. The van der Waals surface area contributed by atoms with Gasteiger partial charge in [0.1, 0.15) is 0 Å². The maximum absolute atomic E-state index is 12.5. The summed E-state index contributed by atoms with van der Waals surface area (Å²) < 4.78 is 11.0. The standard InChI is InChI=1S/C47H62O5/c1-8-11-12-13-35-16-20-39(21-17-35)40-24-26-41(27-25-40)43-28-29-44(38(10-3)30-43)42-22-18-36(19-23-42)14-15-37(31-51-45(48)33(4)9-2)32-52-46(49)34(5)47(6,7)50/h18-19,22-30,35,37,39,50H,4-5,8-17,20-21,31-32H2,1-3,6-7H3. The van der Waals surface area contributed by atoms with Crippen molar-refractivity contribution in [3.63, 3.8) is 0 Å². The molecular weight excluding hydrogens is 645 g/mol. The highest BCUT2D eigenvalue weighted by Gasteiger charge is 2.26. The quantitative estimate of drug-likeness (QED) is 0.0763. The van der Waals surface area contributed by atoms with Gasteiger partial charge in [-0.3, -0.25) is 0 Å². The summed E-state index contributed by atoms with van der Waals surface area (Å²) in [4.78, 5) is 24.8. The van der Waals surface area contributed by atoms with Gasteiger partial charge in [-0.05, 0) is 116 Å². The van der Waals surface area contributed by atoms with Gasteiger partial charge in [-0.15, -0.1) is 0 Å². The number of rotatable bonds is 19. The molecule has 0 radical (unpaired) electrons.